The summed E-state index contributed by atoms with van der Waals surface area (Å²) in [4.78, 5) is 36.2. The van der Waals surface area contributed by atoms with E-state index in [1.54, 1.807) is 28.3 Å². The summed E-state index contributed by atoms with van der Waals surface area (Å²) >= 11 is 0. The predicted molar refractivity (Wildman–Crippen MR) is 147 cm³/mol. The molecule has 12 heteroatoms. The van der Waals surface area contributed by atoms with Crippen LogP contribution in [-0.4, -0.2) is 117 Å². The van der Waals surface area contributed by atoms with Gasteiger partial charge in [-0.2, -0.15) is 0 Å². The number of likely N-dealkylation sites (N-methyl/N-ethyl adjacent to an activating group) is 3. The Morgan fingerprint density at radius 3 is 1.24 bits per heavy atom. The van der Waals surface area contributed by atoms with Gasteiger partial charge in [-0.3, -0.25) is 0 Å². The second kappa shape index (κ2) is 32.9. The molecule has 0 spiro atoms. The summed E-state index contributed by atoms with van der Waals surface area (Å²) in [5.41, 5.74) is 0. The molecule has 0 aliphatic carbocycles. The van der Waals surface area contributed by atoms with Crippen LogP contribution in [0.4, 0.5) is 14.4 Å². The first-order valence-electron chi connectivity index (χ1n) is 11.4. The second-order valence-corrected chi connectivity index (χ2v) is 6.30. The molecular weight excluding hydrogens is 559 g/mol. The Morgan fingerprint density at radius 1 is 0.757 bits per heavy atom. The van der Waals surface area contributed by atoms with E-state index in [0.717, 1.165) is 0 Å². The van der Waals surface area contributed by atoms with Crippen LogP contribution in [0, 0.1) is 6.92 Å². The number of cyclic esters (lactones) is 3. The van der Waals surface area contributed by atoms with E-state index in [1.807, 2.05) is 41.5 Å². The first-order valence-corrected chi connectivity index (χ1v) is 11.4. The van der Waals surface area contributed by atoms with Crippen molar-refractivity contribution in [3.05, 3.63) is 6.92 Å². The van der Waals surface area contributed by atoms with Gasteiger partial charge in [-0.25, -0.2) is 14.4 Å². The van der Waals surface area contributed by atoms with Crippen LogP contribution in [0.5, 0.6) is 0 Å². The van der Waals surface area contributed by atoms with E-state index in [4.69, 9.17) is 14.6 Å². The summed E-state index contributed by atoms with van der Waals surface area (Å²) < 4.78 is 19.0. The Balaban J connectivity index is -0.0000000632. The van der Waals surface area contributed by atoms with Gasteiger partial charge in [0.1, 0.15) is 12.2 Å². The van der Waals surface area contributed by atoms with E-state index in [0.29, 0.717) is 26.2 Å². The maximum absolute atomic E-state index is 10.7. The van der Waals surface area contributed by atoms with E-state index in [-0.39, 0.29) is 98.2 Å². The third kappa shape index (κ3) is 23.7. The van der Waals surface area contributed by atoms with E-state index >= 15 is 0 Å². The molecule has 0 aromatic carbocycles. The quantitative estimate of drug-likeness (QED) is 0.356. The van der Waals surface area contributed by atoms with Crippen LogP contribution in [0.3, 0.4) is 0 Å². The monoisotopic (exact) mass is 617 g/mol. The normalized spacial score (nSPS) is 19.9. The summed E-state index contributed by atoms with van der Waals surface area (Å²) in [5.74, 6) is 0. The number of aliphatic hydroxyl groups excluding tert-OH is 1. The molecule has 3 aliphatic rings. The van der Waals surface area contributed by atoms with Crippen molar-refractivity contribution in [3.8, 4) is 0 Å². The third-order valence-corrected chi connectivity index (χ3v) is 3.73. The van der Waals surface area contributed by atoms with Gasteiger partial charge >= 0.3 is 18.3 Å². The zero-order valence-corrected chi connectivity index (χ0v) is 25.5. The number of carbonyl (C=O) groups is 3. The molecule has 0 bridgehead atoms. The van der Waals surface area contributed by atoms with Gasteiger partial charge in [0.2, 0.25) is 0 Å². The minimum absolute atomic E-state index is 0. The van der Waals surface area contributed by atoms with Crippen LogP contribution in [-0.2, 0) is 51.7 Å². The predicted octanol–water partition coefficient (Wildman–Crippen LogP) is 4.77. The van der Waals surface area contributed by atoms with Crippen LogP contribution in [0.2, 0.25) is 0 Å². The van der Waals surface area contributed by atoms with E-state index in [9.17, 15) is 14.4 Å². The van der Waals surface area contributed by atoms with Crippen LogP contribution >= 0.6 is 0 Å². The van der Waals surface area contributed by atoms with Crippen LogP contribution < -0.4 is 0 Å². The van der Waals surface area contributed by atoms with Crippen molar-refractivity contribution in [2.24, 2.45) is 0 Å². The molecule has 1 radical (unpaired) electrons. The maximum atomic E-state index is 10.7. The van der Waals surface area contributed by atoms with Crippen molar-refractivity contribution >= 4 is 18.3 Å². The zero-order valence-electron chi connectivity index (χ0n) is 22.7. The average Bonchev–Trinajstić information content (AvgIpc) is 3.43. The summed E-state index contributed by atoms with van der Waals surface area (Å²) in [5, 5.41) is 8.50. The van der Waals surface area contributed by atoms with Gasteiger partial charge in [-0.15, -0.1) is 0 Å². The van der Waals surface area contributed by atoms with Crippen molar-refractivity contribution in [1.29, 1.82) is 0 Å². The second-order valence-electron chi connectivity index (χ2n) is 6.30. The van der Waals surface area contributed by atoms with Gasteiger partial charge in [-0.05, 0) is 6.10 Å². The van der Waals surface area contributed by atoms with Crippen molar-refractivity contribution in [2.75, 3.05) is 61.1 Å². The molecule has 1 N–H and O–H groups in total. The summed E-state index contributed by atoms with van der Waals surface area (Å²) in [6, 6.07) is 0. The molecule has 3 aliphatic heterocycles. The minimum Gasteiger partial charge on any atom is -0.477 e. The van der Waals surface area contributed by atoms with Crippen LogP contribution in [0.25, 0.3) is 0 Å². The molecule has 3 heterocycles. The fraction of sp³-hybridized carbons (Fsp3) is 0.840. The molecular formula is C25H58N3O8Y-. The first-order chi connectivity index (χ1) is 15.7. The van der Waals surface area contributed by atoms with Gasteiger partial charge in [0, 0.05) is 67.5 Å². The van der Waals surface area contributed by atoms with E-state index < -0.39 is 0 Å². The summed E-state index contributed by atoms with van der Waals surface area (Å²) in [6.45, 7) is 17.7. The van der Waals surface area contributed by atoms with Crippen molar-refractivity contribution < 1.29 is 71.1 Å². The molecule has 0 aromatic heterocycles. The smallest absolute Gasteiger partial charge is 0.410 e. The molecule has 3 saturated heterocycles. The SMILES string of the molecule is C.C.C.CC.CC.CC.CN1C[C@H](CO)OC1=O.COC[C@H]1CN(C)C(=O)O1.[CH2-][C@H]1CN(C)C(=O)O1.[Y]. The van der Waals surface area contributed by atoms with Gasteiger partial charge in [0.15, 0.2) is 0 Å². The molecule has 11 nitrogen and oxygen atoms in total. The van der Waals surface area contributed by atoms with Crippen molar-refractivity contribution in [3.63, 3.8) is 0 Å². The fourth-order valence-electron chi connectivity index (χ4n) is 2.32. The third-order valence-electron chi connectivity index (χ3n) is 3.73. The zero-order chi connectivity index (χ0) is 26.6. The molecule has 3 amide bonds. The van der Waals surface area contributed by atoms with Crippen molar-refractivity contribution in [2.45, 2.75) is 82.1 Å². The number of rotatable bonds is 3. The topological polar surface area (TPSA) is 118 Å². The number of nitrogens with zero attached hydrogens (tertiary/aromatic N) is 3. The Morgan fingerprint density at radius 2 is 1.08 bits per heavy atom. The molecule has 225 valence electrons. The maximum Gasteiger partial charge on any atom is 0.410 e. The van der Waals surface area contributed by atoms with E-state index in [1.165, 1.54) is 14.7 Å². The van der Waals surface area contributed by atoms with E-state index in [2.05, 4.69) is 16.4 Å². The molecule has 3 atom stereocenters. The number of hydrogen-bond donors (Lipinski definition) is 1. The summed E-state index contributed by atoms with van der Waals surface area (Å²) in [6.07, 6.45) is -1.46. The Hall–Kier alpha value is -1.17. The van der Waals surface area contributed by atoms with Gasteiger partial charge in [-0.1, -0.05) is 63.8 Å². The molecule has 0 aromatic rings. The Kier molecular flexibility index (Phi) is 46.5. The van der Waals surface area contributed by atoms with Crippen LogP contribution in [0.1, 0.15) is 63.8 Å². The van der Waals surface area contributed by atoms with Gasteiger partial charge < -0.3 is 45.7 Å². The van der Waals surface area contributed by atoms with Crippen LogP contribution in [0.15, 0.2) is 0 Å². The largest absolute Gasteiger partial charge is 0.477 e. The number of ether oxygens (including phenoxy) is 4. The van der Waals surface area contributed by atoms with Gasteiger partial charge in [0.25, 0.3) is 0 Å². The van der Waals surface area contributed by atoms with Gasteiger partial charge in [0.05, 0.1) is 26.3 Å². The molecule has 37 heavy (non-hydrogen) atoms. The number of carbonyl (C=O) groups excluding carboxylic acids is 3. The molecule has 0 saturated carbocycles. The molecule has 3 fully saturated rings. The number of amides is 3. The number of aliphatic hydroxyl groups is 1. The number of methoxy groups -OCH3 is 1. The minimum atomic E-state index is -0.353. The fourth-order valence-corrected chi connectivity index (χ4v) is 2.32. The molecule has 0 unspecified atom stereocenters. The molecule has 3 rings (SSSR count). The summed E-state index contributed by atoms with van der Waals surface area (Å²) in [7, 11) is 6.62. The Bertz CT molecular complexity index is 530. The first kappa shape index (κ1) is 52.3. The average molecular weight is 618 g/mol. The van der Waals surface area contributed by atoms with Crippen molar-refractivity contribution in [1.82, 2.24) is 14.7 Å². The number of hydrogen-bond acceptors (Lipinski definition) is 8. The Labute approximate surface area is 253 Å². The standard InChI is InChI=1S/C6H11NO3.C5H9NO3.C5H8NO2.3C2H6.3CH4.Y/c1-7-3-5(4-9-2)10-6(7)8;1-6-2-4(3-7)9-5(6)8;1-4-3-6(2)5(7)8-4;3*1-2;;;;/h5H,3-4H2,1-2H3;4,7H,2-3H2,1H3;4H,1,3H2,2H3;3*1-2H3;3*1H4;/q;;-1;;;;;;;/t5-;2*4-;;;;;;;/m110......./s1.